The third kappa shape index (κ3) is 5.14. The number of piperidine rings is 1. The number of hydrogen-bond acceptors (Lipinski definition) is 7. The maximum Gasteiger partial charge on any atom is 0.306 e. The quantitative estimate of drug-likeness (QED) is 0.518. The summed E-state index contributed by atoms with van der Waals surface area (Å²) in [6.45, 7) is 1.25. The molecular formula is C24H30BrNO7. The zero-order valence-electron chi connectivity index (χ0n) is 19.5. The monoisotopic (exact) mass is 523 g/mol. The van der Waals surface area contributed by atoms with E-state index in [0.29, 0.717) is 54.7 Å². The van der Waals surface area contributed by atoms with E-state index in [0.717, 1.165) is 15.6 Å². The molecule has 1 heterocycles. The summed E-state index contributed by atoms with van der Waals surface area (Å²) < 4.78 is 28.6. The topological polar surface area (TPSA) is 86.7 Å². The number of likely N-dealkylation sites (tertiary alicyclic amines) is 1. The van der Waals surface area contributed by atoms with E-state index < -0.39 is 5.97 Å². The third-order valence-electron chi connectivity index (χ3n) is 6.04. The molecule has 0 bridgehead atoms. The SMILES string of the molecule is COc1cc(Br)c(C(c2cc(OC)c(OC)c(OC)c2)N2CCC(C(=O)O)CC2)cc1OC. The van der Waals surface area contributed by atoms with Gasteiger partial charge in [0.05, 0.1) is 47.5 Å². The Morgan fingerprint density at radius 2 is 1.39 bits per heavy atom. The van der Waals surface area contributed by atoms with Crippen molar-refractivity contribution in [2.45, 2.75) is 18.9 Å². The number of ether oxygens (including phenoxy) is 5. The Labute approximate surface area is 202 Å². The van der Waals surface area contributed by atoms with E-state index in [4.69, 9.17) is 23.7 Å². The minimum absolute atomic E-state index is 0.220. The van der Waals surface area contributed by atoms with E-state index in [1.165, 1.54) is 0 Å². The molecule has 0 aliphatic carbocycles. The Hall–Kier alpha value is -2.65. The van der Waals surface area contributed by atoms with Gasteiger partial charge in [0.2, 0.25) is 5.75 Å². The average Bonchev–Trinajstić information content (AvgIpc) is 2.84. The summed E-state index contributed by atoms with van der Waals surface area (Å²) in [5.41, 5.74) is 1.88. The van der Waals surface area contributed by atoms with Gasteiger partial charge < -0.3 is 28.8 Å². The van der Waals surface area contributed by atoms with Gasteiger partial charge in [-0.2, -0.15) is 0 Å². The highest BCUT2D eigenvalue weighted by atomic mass is 79.9. The van der Waals surface area contributed by atoms with Gasteiger partial charge in [0, 0.05) is 4.47 Å². The Bertz CT molecular complexity index is 964. The first kappa shape index (κ1) is 25.0. The number of aliphatic carboxylic acids is 1. The molecule has 1 atom stereocenters. The minimum atomic E-state index is -0.744. The molecule has 2 aromatic carbocycles. The molecule has 0 saturated carbocycles. The molecule has 2 aromatic rings. The molecule has 1 N–H and O–H groups in total. The zero-order chi connectivity index (χ0) is 24.1. The van der Waals surface area contributed by atoms with Gasteiger partial charge in [0.25, 0.3) is 0 Å². The molecule has 0 spiro atoms. The first-order valence-electron chi connectivity index (χ1n) is 10.6. The number of rotatable bonds is 9. The molecule has 1 aliphatic heterocycles. The molecule has 1 saturated heterocycles. The van der Waals surface area contributed by atoms with E-state index in [2.05, 4.69) is 20.8 Å². The number of carboxylic acids is 1. The molecule has 0 amide bonds. The van der Waals surface area contributed by atoms with Gasteiger partial charge in [0.15, 0.2) is 23.0 Å². The Balaban J connectivity index is 2.16. The second-order valence-corrected chi connectivity index (χ2v) is 8.59. The van der Waals surface area contributed by atoms with Crippen LogP contribution in [0.4, 0.5) is 0 Å². The van der Waals surface area contributed by atoms with Crippen molar-refractivity contribution in [3.8, 4) is 28.7 Å². The summed E-state index contributed by atoms with van der Waals surface area (Å²) in [5.74, 6) is 1.75. The van der Waals surface area contributed by atoms with Crippen LogP contribution >= 0.6 is 15.9 Å². The number of methoxy groups -OCH3 is 5. The molecule has 33 heavy (non-hydrogen) atoms. The molecule has 9 heteroatoms. The highest BCUT2D eigenvalue weighted by molar-refractivity contribution is 9.10. The number of nitrogens with zero attached hydrogens (tertiary/aromatic N) is 1. The first-order chi connectivity index (χ1) is 15.9. The van der Waals surface area contributed by atoms with Crippen LogP contribution < -0.4 is 23.7 Å². The minimum Gasteiger partial charge on any atom is -0.493 e. The van der Waals surface area contributed by atoms with E-state index in [-0.39, 0.29) is 12.0 Å². The summed E-state index contributed by atoms with van der Waals surface area (Å²) in [6.07, 6.45) is 1.14. The molecule has 8 nitrogen and oxygen atoms in total. The molecule has 0 aromatic heterocycles. The van der Waals surface area contributed by atoms with Gasteiger partial charge >= 0.3 is 5.97 Å². The van der Waals surface area contributed by atoms with Gasteiger partial charge in [-0.05, 0) is 61.3 Å². The van der Waals surface area contributed by atoms with Crippen LogP contribution in [0.2, 0.25) is 0 Å². The molecule has 1 aliphatic rings. The van der Waals surface area contributed by atoms with Crippen molar-refractivity contribution in [2.24, 2.45) is 5.92 Å². The lowest BCUT2D eigenvalue weighted by atomic mass is 9.90. The predicted molar refractivity (Wildman–Crippen MR) is 127 cm³/mol. The first-order valence-corrected chi connectivity index (χ1v) is 11.4. The van der Waals surface area contributed by atoms with Crippen LogP contribution in [0.1, 0.15) is 30.0 Å². The summed E-state index contributed by atoms with van der Waals surface area (Å²) in [7, 11) is 7.93. The van der Waals surface area contributed by atoms with E-state index in [1.807, 2.05) is 24.3 Å². The van der Waals surface area contributed by atoms with Crippen molar-refractivity contribution in [1.29, 1.82) is 0 Å². The Morgan fingerprint density at radius 1 is 0.879 bits per heavy atom. The summed E-state index contributed by atoms with van der Waals surface area (Å²) in [6, 6.07) is 7.46. The maximum absolute atomic E-state index is 11.5. The van der Waals surface area contributed by atoms with E-state index in [1.54, 1.807) is 35.5 Å². The van der Waals surface area contributed by atoms with Gasteiger partial charge in [0.1, 0.15) is 0 Å². The fourth-order valence-corrected chi connectivity index (χ4v) is 4.87. The summed E-state index contributed by atoms with van der Waals surface area (Å²) >= 11 is 3.71. The maximum atomic E-state index is 11.5. The second kappa shape index (κ2) is 11.0. The third-order valence-corrected chi connectivity index (χ3v) is 6.73. The number of hydrogen-bond donors (Lipinski definition) is 1. The van der Waals surface area contributed by atoms with E-state index >= 15 is 0 Å². The molecule has 3 rings (SSSR count). The van der Waals surface area contributed by atoms with Crippen molar-refractivity contribution in [3.05, 3.63) is 39.9 Å². The summed E-state index contributed by atoms with van der Waals surface area (Å²) in [5, 5.41) is 9.46. The molecule has 1 unspecified atom stereocenters. The lowest BCUT2D eigenvalue weighted by Crippen LogP contribution is -2.39. The number of carboxylic acid groups (broad SMARTS) is 1. The van der Waals surface area contributed by atoms with Crippen molar-refractivity contribution in [2.75, 3.05) is 48.6 Å². The van der Waals surface area contributed by atoms with Gasteiger partial charge in [-0.3, -0.25) is 9.69 Å². The van der Waals surface area contributed by atoms with E-state index in [9.17, 15) is 9.90 Å². The lowest BCUT2D eigenvalue weighted by Gasteiger charge is -2.38. The fraction of sp³-hybridized carbons (Fsp3) is 0.458. The van der Waals surface area contributed by atoms with Crippen molar-refractivity contribution < 1.29 is 33.6 Å². The van der Waals surface area contributed by atoms with Gasteiger partial charge in [-0.1, -0.05) is 15.9 Å². The van der Waals surface area contributed by atoms with Crippen LogP contribution in [0, 0.1) is 5.92 Å². The van der Waals surface area contributed by atoms with Crippen molar-refractivity contribution in [3.63, 3.8) is 0 Å². The standard InChI is InChI=1S/C24H30BrNO7/c1-29-18-12-16(17(25)13-19(18)30-2)22(26-8-6-14(7-9-26)24(27)28)15-10-20(31-3)23(33-5)21(11-15)32-4/h10-14,22H,6-9H2,1-5H3,(H,27,28). The normalized spacial score (nSPS) is 15.6. The highest BCUT2D eigenvalue weighted by Gasteiger charge is 2.33. The average molecular weight is 524 g/mol. The highest BCUT2D eigenvalue weighted by Crippen LogP contribution is 2.46. The summed E-state index contributed by atoms with van der Waals surface area (Å²) in [4.78, 5) is 13.8. The van der Waals surface area contributed by atoms with Crippen LogP contribution in [0.15, 0.2) is 28.7 Å². The lowest BCUT2D eigenvalue weighted by molar-refractivity contribution is -0.143. The molecule has 180 valence electrons. The van der Waals surface area contributed by atoms with Crippen LogP contribution in [-0.4, -0.2) is 64.6 Å². The Morgan fingerprint density at radius 3 is 1.85 bits per heavy atom. The Kier molecular flexibility index (Phi) is 8.31. The molecular weight excluding hydrogens is 494 g/mol. The number of halogens is 1. The van der Waals surface area contributed by atoms with Crippen molar-refractivity contribution in [1.82, 2.24) is 4.90 Å². The number of carbonyl (C=O) groups is 1. The van der Waals surface area contributed by atoms with Crippen LogP contribution in [0.5, 0.6) is 28.7 Å². The molecule has 1 fully saturated rings. The fourth-order valence-electron chi connectivity index (χ4n) is 4.33. The predicted octanol–water partition coefficient (Wildman–Crippen LogP) is 4.38. The van der Waals surface area contributed by atoms with Gasteiger partial charge in [-0.25, -0.2) is 0 Å². The molecule has 0 radical (unpaired) electrons. The smallest absolute Gasteiger partial charge is 0.306 e. The zero-order valence-corrected chi connectivity index (χ0v) is 21.1. The van der Waals surface area contributed by atoms with Crippen LogP contribution in [0.3, 0.4) is 0 Å². The van der Waals surface area contributed by atoms with Gasteiger partial charge in [-0.15, -0.1) is 0 Å². The largest absolute Gasteiger partial charge is 0.493 e. The van der Waals surface area contributed by atoms with Crippen LogP contribution in [-0.2, 0) is 4.79 Å². The number of benzene rings is 2. The van der Waals surface area contributed by atoms with Crippen LogP contribution in [0.25, 0.3) is 0 Å². The second-order valence-electron chi connectivity index (χ2n) is 7.74. The van der Waals surface area contributed by atoms with Crippen molar-refractivity contribution >= 4 is 21.9 Å².